The number of benzene rings is 2. The lowest BCUT2D eigenvalue weighted by atomic mass is 10.1. The number of carbonyl (C=O) groups is 2. The molecule has 0 radical (unpaired) electrons. The van der Waals surface area contributed by atoms with Gasteiger partial charge in [-0.25, -0.2) is 19.2 Å². The Morgan fingerprint density at radius 2 is 1.59 bits per heavy atom. The van der Waals surface area contributed by atoms with Gasteiger partial charge in [0.25, 0.3) is 5.91 Å². The number of fused-ring (bicyclic) bond motifs is 1. The standard InChI is InChI=1S/C22H21ClFN5O.C2HF3O2/c23-17-8-5-14(24)13-16(17)22(30)29-11-9-28(10-12-29)21-20(25-15-6-7-15)26-18-3-1-2-4-19(18)27-21;3-2(4,5)1(6)7/h1-5,8,13,15H,6-7,9-12H2,(H,25,26);(H,6,7). The minimum Gasteiger partial charge on any atom is -0.475 e. The number of halogens is 5. The van der Waals surface area contributed by atoms with Gasteiger partial charge in [-0.2, -0.15) is 13.2 Å². The van der Waals surface area contributed by atoms with Gasteiger partial charge in [0.15, 0.2) is 11.6 Å². The molecule has 1 aliphatic heterocycles. The largest absolute Gasteiger partial charge is 0.490 e. The van der Waals surface area contributed by atoms with Gasteiger partial charge < -0.3 is 20.2 Å². The lowest BCUT2D eigenvalue weighted by Gasteiger charge is -2.36. The Kier molecular flexibility index (Phi) is 7.67. The minimum atomic E-state index is -5.08. The first-order valence-electron chi connectivity index (χ1n) is 11.4. The van der Waals surface area contributed by atoms with Gasteiger partial charge in [0.1, 0.15) is 5.82 Å². The Balaban J connectivity index is 0.000000405. The second kappa shape index (κ2) is 10.8. The van der Waals surface area contributed by atoms with E-state index in [1.807, 2.05) is 24.3 Å². The van der Waals surface area contributed by atoms with Gasteiger partial charge in [-0.3, -0.25) is 4.79 Å². The molecule has 3 aromatic rings. The summed E-state index contributed by atoms with van der Waals surface area (Å²) in [5.41, 5.74) is 1.91. The van der Waals surface area contributed by atoms with Crippen LogP contribution in [0.1, 0.15) is 23.2 Å². The molecule has 0 bridgehead atoms. The van der Waals surface area contributed by atoms with Crippen LogP contribution in [-0.2, 0) is 4.79 Å². The lowest BCUT2D eigenvalue weighted by Crippen LogP contribution is -2.49. The maximum absolute atomic E-state index is 13.6. The van der Waals surface area contributed by atoms with Crippen LogP contribution in [0.4, 0.5) is 29.2 Å². The average Bonchev–Trinajstić information content (AvgIpc) is 3.69. The fourth-order valence-electron chi connectivity index (χ4n) is 3.68. The van der Waals surface area contributed by atoms with E-state index in [1.54, 1.807) is 4.90 Å². The molecule has 37 heavy (non-hydrogen) atoms. The number of carboxylic acids is 1. The number of amides is 1. The van der Waals surface area contributed by atoms with Crippen LogP contribution in [0, 0.1) is 5.82 Å². The number of piperazine rings is 1. The van der Waals surface area contributed by atoms with Crippen molar-refractivity contribution in [3.05, 3.63) is 58.9 Å². The van der Waals surface area contributed by atoms with Crippen molar-refractivity contribution in [1.82, 2.24) is 14.9 Å². The number of rotatable bonds is 4. The molecule has 1 aromatic heterocycles. The number of para-hydroxylation sites is 2. The van der Waals surface area contributed by atoms with Gasteiger partial charge in [0, 0.05) is 32.2 Å². The molecule has 0 spiro atoms. The number of alkyl halides is 3. The fraction of sp³-hybridized carbons (Fsp3) is 0.333. The van der Waals surface area contributed by atoms with Gasteiger partial charge in [0.2, 0.25) is 0 Å². The van der Waals surface area contributed by atoms with Gasteiger partial charge in [-0.05, 0) is 43.2 Å². The first kappa shape index (κ1) is 26.4. The van der Waals surface area contributed by atoms with Crippen molar-refractivity contribution in [2.75, 3.05) is 36.4 Å². The predicted molar refractivity (Wildman–Crippen MR) is 129 cm³/mol. The van der Waals surface area contributed by atoms with E-state index in [9.17, 15) is 22.4 Å². The molecule has 0 atom stereocenters. The molecule has 1 saturated heterocycles. The Hall–Kier alpha value is -3.67. The van der Waals surface area contributed by atoms with Crippen molar-refractivity contribution in [1.29, 1.82) is 0 Å². The van der Waals surface area contributed by atoms with Crippen LogP contribution in [0.15, 0.2) is 42.5 Å². The summed E-state index contributed by atoms with van der Waals surface area (Å²) >= 11 is 6.11. The minimum absolute atomic E-state index is 0.201. The number of nitrogens with zero attached hydrogens (tertiary/aromatic N) is 4. The number of aromatic nitrogens is 2. The van der Waals surface area contributed by atoms with E-state index in [4.69, 9.17) is 31.5 Å². The zero-order chi connectivity index (χ0) is 26.7. The van der Waals surface area contributed by atoms with E-state index in [0.717, 1.165) is 35.5 Å². The highest BCUT2D eigenvalue weighted by atomic mass is 35.5. The van der Waals surface area contributed by atoms with Crippen LogP contribution in [0.2, 0.25) is 5.02 Å². The first-order chi connectivity index (χ1) is 17.5. The molecule has 0 unspecified atom stereocenters. The topological polar surface area (TPSA) is 98.7 Å². The molecule has 196 valence electrons. The number of carbonyl (C=O) groups excluding carboxylic acids is 1. The quantitative estimate of drug-likeness (QED) is 0.468. The van der Waals surface area contributed by atoms with Crippen molar-refractivity contribution < 1.29 is 32.3 Å². The number of hydrogen-bond donors (Lipinski definition) is 2. The number of anilines is 2. The van der Waals surface area contributed by atoms with Gasteiger partial charge >= 0.3 is 12.1 Å². The zero-order valence-corrected chi connectivity index (χ0v) is 20.1. The third-order valence-electron chi connectivity index (χ3n) is 5.74. The molecule has 2 heterocycles. The molecule has 2 N–H and O–H groups in total. The van der Waals surface area contributed by atoms with Crippen LogP contribution < -0.4 is 10.2 Å². The van der Waals surface area contributed by atoms with E-state index in [-0.39, 0.29) is 16.5 Å². The molecule has 2 aliphatic rings. The van der Waals surface area contributed by atoms with Crippen molar-refractivity contribution >= 4 is 46.1 Å². The van der Waals surface area contributed by atoms with Crippen LogP contribution in [0.5, 0.6) is 0 Å². The lowest BCUT2D eigenvalue weighted by molar-refractivity contribution is -0.192. The van der Waals surface area contributed by atoms with Crippen LogP contribution in [-0.4, -0.2) is 70.2 Å². The summed E-state index contributed by atoms with van der Waals surface area (Å²) in [6, 6.07) is 12.2. The van der Waals surface area contributed by atoms with Gasteiger partial charge in [-0.15, -0.1) is 0 Å². The van der Waals surface area contributed by atoms with E-state index >= 15 is 0 Å². The summed E-state index contributed by atoms with van der Waals surface area (Å²) in [6.45, 7) is 2.24. The molecule has 1 saturated carbocycles. The number of carboxylic acid groups (broad SMARTS) is 1. The van der Waals surface area contributed by atoms with Crippen molar-refractivity contribution in [2.45, 2.75) is 25.1 Å². The predicted octanol–water partition coefficient (Wildman–Crippen LogP) is 4.59. The van der Waals surface area contributed by atoms with Crippen LogP contribution in [0.3, 0.4) is 0 Å². The van der Waals surface area contributed by atoms with E-state index in [2.05, 4.69) is 10.2 Å². The van der Waals surface area contributed by atoms with Crippen LogP contribution >= 0.6 is 11.6 Å². The summed E-state index contributed by atoms with van der Waals surface area (Å²) < 4.78 is 45.3. The summed E-state index contributed by atoms with van der Waals surface area (Å²) in [6.07, 6.45) is -2.80. The molecule has 2 fully saturated rings. The highest BCUT2D eigenvalue weighted by Gasteiger charge is 2.38. The highest BCUT2D eigenvalue weighted by molar-refractivity contribution is 6.33. The Morgan fingerprint density at radius 1 is 1.00 bits per heavy atom. The van der Waals surface area contributed by atoms with Crippen LogP contribution in [0.25, 0.3) is 11.0 Å². The third-order valence-corrected chi connectivity index (χ3v) is 6.07. The smallest absolute Gasteiger partial charge is 0.475 e. The normalized spacial score (nSPS) is 15.7. The van der Waals surface area contributed by atoms with E-state index in [1.165, 1.54) is 18.2 Å². The molecular weight excluding hydrogens is 518 g/mol. The zero-order valence-electron chi connectivity index (χ0n) is 19.3. The molecular formula is C24H22ClF4N5O3. The highest BCUT2D eigenvalue weighted by Crippen LogP contribution is 2.31. The molecule has 13 heteroatoms. The average molecular weight is 540 g/mol. The second-order valence-electron chi connectivity index (χ2n) is 8.51. The van der Waals surface area contributed by atoms with E-state index < -0.39 is 18.0 Å². The molecule has 1 aliphatic carbocycles. The molecule has 8 nitrogen and oxygen atoms in total. The number of nitrogens with one attached hydrogen (secondary N) is 1. The maximum atomic E-state index is 13.6. The summed E-state index contributed by atoms with van der Waals surface area (Å²) in [5, 5.41) is 10.9. The fourth-order valence-corrected chi connectivity index (χ4v) is 3.88. The Bertz CT molecular complexity index is 1310. The maximum Gasteiger partial charge on any atom is 0.490 e. The van der Waals surface area contributed by atoms with Gasteiger partial charge in [-0.1, -0.05) is 23.7 Å². The first-order valence-corrected chi connectivity index (χ1v) is 11.7. The SMILES string of the molecule is O=C(O)C(F)(F)F.O=C(c1cc(F)ccc1Cl)N1CCN(c2nc3ccccc3nc2NC2CC2)CC1. The summed E-state index contributed by atoms with van der Waals surface area (Å²) in [4.78, 5) is 35.2. The van der Waals surface area contributed by atoms with Crippen molar-refractivity contribution in [3.8, 4) is 0 Å². The molecule has 2 aromatic carbocycles. The van der Waals surface area contributed by atoms with Gasteiger partial charge in [0.05, 0.1) is 21.6 Å². The summed E-state index contributed by atoms with van der Waals surface area (Å²) in [7, 11) is 0. The monoisotopic (exact) mass is 539 g/mol. The number of hydrogen-bond acceptors (Lipinski definition) is 6. The van der Waals surface area contributed by atoms with Crippen molar-refractivity contribution in [3.63, 3.8) is 0 Å². The molecule has 1 amide bonds. The second-order valence-corrected chi connectivity index (χ2v) is 8.92. The Labute approximate surface area is 213 Å². The van der Waals surface area contributed by atoms with E-state index in [0.29, 0.717) is 32.2 Å². The molecule has 5 rings (SSSR count). The Morgan fingerprint density at radius 3 is 2.16 bits per heavy atom. The number of aliphatic carboxylic acids is 1. The summed E-state index contributed by atoms with van der Waals surface area (Å²) in [5.74, 6) is -1.86. The van der Waals surface area contributed by atoms with Crippen molar-refractivity contribution in [2.24, 2.45) is 0 Å². The third kappa shape index (κ3) is 6.56.